The van der Waals surface area contributed by atoms with Gasteiger partial charge >= 0.3 is 0 Å². The minimum atomic E-state index is -0.491. The van der Waals surface area contributed by atoms with E-state index < -0.39 is 6.23 Å². The van der Waals surface area contributed by atoms with E-state index in [1.807, 2.05) is 32.0 Å². The molecule has 1 fully saturated rings. The first-order chi connectivity index (χ1) is 15.6. The van der Waals surface area contributed by atoms with Crippen LogP contribution in [-0.4, -0.2) is 67.3 Å². The normalized spacial score (nSPS) is 18.2. The number of nitrogens with zero attached hydrogens (tertiary/aromatic N) is 6. The van der Waals surface area contributed by atoms with Gasteiger partial charge in [0.25, 0.3) is 0 Å². The number of nitrogens with one attached hydrogen (secondary N) is 1. The number of aliphatic hydroxyl groups excluding tert-OH is 1. The Balaban J connectivity index is 1.41. The fraction of sp³-hybridized carbons (Fsp3) is 0.333. The Bertz CT molecular complexity index is 1210. The number of fused-ring (bicyclic) bond motifs is 1. The van der Waals surface area contributed by atoms with E-state index in [0.29, 0.717) is 5.82 Å². The third-order valence-electron chi connectivity index (χ3n) is 6.20. The number of rotatable bonds is 5. The summed E-state index contributed by atoms with van der Waals surface area (Å²) in [4.78, 5) is 9.24. The molecule has 0 aliphatic carbocycles. The molecule has 3 heterocycles. The number of aromatic nitrogens is 5. The van der Waals surface area contributed by atoms with Gasteiger partial charge in [0.2, 0.25) is 0 Å². The van der Waals surface area contributed by atoms with Crippen LogP contribution in [0.2, 0.25) is 0 Å². The molecule has 4 aromatic rings. The van der Waals surface area contributed by atoms with Gasteiger partial charge in [0.15, 0.2) is 11.6 Å². The van der Waals surface area contributed by atoms with Crippen LogP contribution in [0.4, 0.5) is 5.82 Å². The summed E-state index contributed by atoms with van der Waals surface area (Å²) in [6.45, 7) is 6.13. The molecule has 2 aromatic carbocycles. The predicted octanol–water partition coefficient (Wildman–Crippen LogP) is 2.79. The number of H-pyrrole nitrogens is 1. The zero-order valence-electron chi connectivity index (χ0n) is 18.3. The van der Waals surface area contributed by atoms with Gasteiger partial charge in [0, 0.05) is 42.3 Å². The van der Waals surface area contributed by atoms with Crippen molar-refractivity contribution in [3.05, 3.63) is 66.0 Å². The first-order valence-corrected chi connectivity index (χ1v) is 11.0. The second-order valence-corrected chi connectivity index (χ2v) is 8.38. The van der Waals surface area contributed by atoms with Gasteiger partial charge in [-0.2, -0.15) is 10.2 Å². The summed E-state index contributed by atoms with van der Waals surface area (Å²) in [7, 11) is 0. The third-order valence-corrected chi connectivity index (χ3v) is 6.20. The van der Waals surface area contributed by atoms with E-state index in [4.69, 9.17) is 4.98 Å². The molecule has 32 heavy (non-hydrogen) atoms. The quantitative estimate of drug-likeness (QED) is 0.504. The molecule has 1 aliphatic heterocycles. The van der Waals surface area contributed by atoms with E-state index in [0.717, 1.165) is 54.0 Å². The van der Waals surface area contributed by atoms with Gasteiger partial charge in [0.05, 0.1) is 11.7 Å². The molecule has 164 valence electrons. The van der Waals surface area contributed by atoms with Crippen molar-refractivity contribution in [1.29, 1.82) is 0 Å². The van der Waals surface area contributed by atoms with Gasteiger partial charge < -0.3 is 10.0 Å². The van der Waals surface area contributed by atoms with Gasteiger partial charge in [-0.15, -0.1) is 5.10 Å². The molecule has 8 heteroatoms. The lowest BCUT2D eigenvalue weighted by molar-refractivity contribution is -0.0171. The average Bonchev–Trinajstić information content (AvgIpc) is 3.20. The molecular weight excluding hydrogens is 402 g/mol. The third kappa shape index (κ3) is 4.06. The van der Waals surface area contributed by atoms with Crippen molar-refractivity contribution < 1.29 is 5.11 Å². The highest BCUT2D eigenvalue weighted by Gasteiger charge is 2.30. The maximum atomic E-state index is 10.3. The smallest absolute Gasteiger partial charge is 0.183 e. The number of hydrogen-bond donors (Lipinski definition) is 2. The molecule has 2 aromatic heterocycles. The van der Waals surface area contributed by atoms with Crippen LogP contribution in [0.3, 0.4) is 0 Å². The largest absolute Gasteiger partial charge is 0.379 e. The summed E-state index contributed by atoms with van der Waals surface area (Å²) in [6, 6.07) is 16.6. The minimum absolute atomic E-state index is 0.175. The lowest BCUT2D eigenvalue weighted by atomic mass is 10.0. The van der Waals surface area contributed by atoms with Crippen LogP contribution < -0.4 is 4.90 Å². The first-order valence-electron chi connectivity index (χ1n) is 11.0. The van der Waals surface area contributed by atoms with Crippen molar-refractivity contribution in [1.82, 2.24) is 30.3 Å². The lowest BCUT2D eigenvalue weighted by Crippen LogP contribution is -2.57. The number of aromatic amines is 1. The van der Waals surface area contributed by atoms with Gasteiger partial charge in [-0.1, -0.05) is 30.3 Å². The second-order valence-electron chi connectivity index (χ2n) is 8.38. The summed E-state index contributed by atoms with van der Waals surface area (Å²) in [5, 5.41) is 27.2. The van der Waals surface area contributed by atoms with Gasteiger partial charge in [-0.25, -0.2) is 4.98 Å². The molecule has 5 rings (SSSR count). The van der Waals surface area contributed by atoms with E-state index in [1.54, 1.807) is 6.20 Å². The molecule has 0 amide bonds. The van der Waals surface area contributed by atoms with Gasteiger partial charge in [0.1, 0.15) is 6.23 Å². The lowest BCUT2D eigenvalue weighted by Gasteiger charge is -2.43. The number of anilines is 1. The second kappa shape index (κ2) is 8.64. The Morgan fingerprint density at radius 1 is 1.16 bits per heavy atom. The van der Waals surface area contributed by atoms with Crippen molar-refractivity contribution in [3.8, 4) is 11.4 Å². The number of benzene rings is 2. The number of aliphatic hydroxyl groups is 1. The van der Waals surface area contributed by atoms with Crippen molar-refractivity contribution in [2.75, 3.05) is 24.5 Å². The molecule has 0 spiro atoms. The van der Waals surface area contributed by atoms with Gasteiger partial charge in [-0.3, -0.25) is 10.00 Å². The summed E-state index contributed by atoms with van der Waals surface area (Å²) < 4.78 is 0. The maximum Gasteiger partial charge on any atom is 0.183 e. The highest BCUT2D eigenvalue weighted by molar-refractivity contribution is 5.85. The molecule has 1 unspecified atom stereocenters. The SMILES string of the molecule is Cc1[nH]nc2ccc(-c3nncc(N4CCN(C(C)O)[C@@H](Cc5ccccc5)C4)n3)cc12. The maximum absolute atomic E-state index is 10.3. The van der Waals surface area contributed by atoms with Crippen molar-refractivity contribution in [2.24, 2.45) is 0 Å². The molecule has 0 bridgehead atoms. The van der Waals surface area contributed by atoms with Crippen molar-refractivity contribution in [2.45, 2.75) is 32.5 Å². The number of hydrogen-bond acceptors (Lipinski definition) is 7. The molecule has 1 aliphatic rings. The minimum Gasteiger partial charge on any atom is -0.379 e. The fourth-order valence-electron chi connectivity index (χ4n) is 4.48. The van der Waals surface area contributed by atoms with E-state index >= 15 is 0 Å². The topological polar surface area (TPSA) is 94.1 Å². The molecule has 0 radical (unpaired) electrons. The molecule has 1 saturated heterocycles. The monoisotopic (exact) mass is 429 g/mol. The summed E-state index contributed by atoms with van der Waals surface area (Å²) in [5.41, 5.74) is 4.12. The Morgan fingerprint density at radius 2 is 2.00 bits per heavy atom. The van der Waals surface area contributed by atoms with Crippen LogP contribution in [0.5, 0.6) is 0 Å². The number of piperazine rings is 1. The van der Waals surface area contributed by atoms with E-state index in [2.05, 4.69) is 60.5 Å². The molecular formula is C24H27N7O. The van der Waals surface area contributed by atoms with E-state index in [1.165, 1.54) is 5.56 Å². The van der Waals surface area contributed by atoms with Crippen LogP contribution >= 0.6 is 0 Å². The predicted molar refractivity (Wildman–Crippen MR) is 124 cm³/mol. The summed E-state index contributed by atoms with van der Waals surface area (Å²) in [6.07, 6.45) is 2.10. The van der Waals surface area contributed by atoms with Crippen molar-refractivity contribution >= 4 is 16.7 Å². The Kier molecular flexibility index (Phi) is 5.55. The summed E-state index contributed by atoms with van der Waals surface area (Å²) in [5.74, 6) is 1.41. The summed E-state index contributed by atoms with van der Waals surface area (Å²) >= 11 is 0. The van der Waals surface area contributed by atoms with Gasteiger partial charge in [-0.05, 0) is 44.0 Å². The van der Waals surface area contributed by atoms with E-state index in [9.17, 15) is 5.11 Å². The van der Waals surface area contributed by atoms with Crippen LogP contribution in [0.15, 0.2) is 54.7 Å². The van der Waals surface area contributed by atoms with E-state index in [-0.39, 0.29) is 6.04 Å². The molecule has 2 N–H and O–H groups in total. The van der Waals surface area contributed by atoms with Crippen LogP contribution in [-0.2, 0) is 6.42 Å². The van der Waals surface area contributed by atoms with Crippen LogP contribution in [0, 0.1) is 6.92 Å². The average molecular weight is 430 g/mol. The number of aryl methyl sites for hydroxylation is 1. The molecule has 2 atom stereocenters. The fourth-order valence-corrected chi connectivity index (χ4v) is 4.48. The first kappa shape index (κ1) is 20.5. The van der Waals surface area contributed by atoms with Crippen molar-refractivity contribution in [3.63, 3.8) is 0 Å². The molecule has 8 nitrogen and oxygen atoms in total. The standard InChI is InChI=1S/C24H27N7O/c1-16-21-13-19(8-9-22(21)28-27-16)24-26-23(14-25-29-24)30-10-11-31(17(2)32)20(15-30)12-18-6-4-3-5-7-18/h3-9,13-14,17,20,32H,10-12,15H2,1-2H3,(H,27,28)/t17?,20-/m0/s1. The Labute approximate surface area is 186 Å². The zero-order valence-corrected chi connectivity index (χ0v) is 18.3. The highest BCUT2D eigenvalue weighted by atomic mass is 16.3. The van der Waals surface area contributed by atoms with Crippen LogP contribution in [0.25, 0.3) is 22.3 Å². The Morgan fingerprint density at radius 3 is 2.81 bits per heavy atom. The zero-order chi connectivity index (χ0) is 22.1. The molecule has 0 saturated carbocycles. The Hall–Kier alpha value is -3.36. The van der Waals surface area contributed by atoms with Crippen LogP contribution in [0.1, 0.15) is 18.2 Å². The highest BCUT2D eigenvalue weighted by Crippen LogP contribution is 2.25.